The Morgan fingerprint density at radius 3 is 2.75 bits per heavy atom. The summed E-state index contributed by atoms with van der Waals surface area (Å²) in [5, 5.41) is 6.03. The summed E-state index contributed by atoms with van der Waals surface area (Å²) < 4.78 is 12.0. The number of halogens is 1. The number of anilines is 3. The van der Waals surface area contributed by atoms with Gasteiger partial charge in [-0.25, -0.2) is 0 Å². The average molecular weight is 446 g/mol. The number of fused-ring (bicyclic) bond motifs is 2. The SMILES string of the molecule is CC1CC(=O)Nc2ccccc2N1C(=O)CNc1cc2c(cc1Br)OCCO2. The fourth-order valence-electron chi connectivity index (χ4n) is 3.42. The Hall–Kier alpha value is -2.74. The molecule has 0 saturated heterocycles. The van der Waals surface area contributed by atoms with Crippen molar-refractivity contribution in [1.82, 2.24) is 0 Å². The van der Waals surface area contributed by atoms with Gasteiger partial charge in [-0.05, 0) is 35.0 Å². The molecule has 2 amide bonds. The van der Waals surface area contributed by atoms with Gasteiger partial charge in [0.1, 0.15) is 13.2 Å². The van der Waals surface area contributed by atoms with Gasteiger partial charge in [0.05, 0.1) is 23.6 Å². The van der Waals surface area contributed by atoms with Gasteiger partial charge in [0.2, 0.25) is 11.8 Å². The highest BCUT2D eigenvalue weighted by Gasteiger charge is 2.29. The molecule has 0 aromatic heterocycles. The number of nitrogens with zero attached hydrogens (tertiary/aromatic N) is 1. The predicted molar refractivity (Wildman–Crippen MR) is 110 cm³/mol. The van der Waals surface area contributed by atoms with Crippen LogP contribution in [-0.2, 0) is 9.59 Å². The number of hydrogen-bond donors (Lipinski definition) is 2. The molecule has 0 aliphatic carbocycles. The number of nitrogens with one attached hydrogen (secondary N) is 2. The van der Waals surface area contributed by atoms with E-state index in [0.717, 1.165) is 10.2 Å². The van der Waals surface area contributed by atoms with Gasteiger partial charge < -0.3 is 25.0 Å². The number of hydrogen-bond acceptors (Lipinski definition) is 5. The van der Waals surface area contributed by atoms with Gasteiger partial charge in [0.25, 0.3) is 0 Å². The van der Waals surface area contributed by atoms with Gasteiger partial charge in [-0.15, -0.1) is 0 Å². The summed E-state index contributed by atoms with van der Waals surface area (Å²) in [4.78, 5) is 26.8. The summed E-state index contributed by atoms with van der Waals surface area (Å²) in [6, 6.07) is 10.7. The van der Waals surface area contributed by atoms with Crippen LogP contribution in [0.3, 0.4) is 0 Å². The van der Waals surface area contributed by atoms with Crippen LogP contribution in [0, 0.1) is 0 Å². The van der Waals surface area contributed by atoms with E-state index in [2.05, 4.69) is 26.6 Å². The molecule has 7 nitrogen and oxygen atoms in total. The molecule has 4 rings (SSSR count). The van der Waals surface area contributed by atoms with Crippen LogP contribution in [0.5, 0.6) is 11.5 Å². The molecule has 2 heterocycles. The molecule has 28 heavy (non-hydrogen) atoms. The number of para-hydroxylation sites is 2. The second kappa shape index (κ2) is 7.71. The largest absolute Gasteiger partial charge is 0.486 e. The summed E-state index contributed by atoms with van der Waals surface area (Å²) in [6.45, 7) is 2.96. The lowest BCUT2D eigenvalue weighted by molar-refractivity contribution is -0.118. The van der Waals surface area contributed by atoms with Gasteiger partial charge in [-0.3, -0.25) is 9.59 Å². The second-order valence-corrected chi connectivity index (χ2v) is 7.57. The van der Waals surface area contributed by atoms with Gasteiger partial charge >= 0.3 is 0 Å². The van der Waals surface area contributed by atoms with E-state index >= 15 is 0 Å². The Balaban J connectivity index is 1.54. The molecule has 8 heteroatoms. The molecule has 0 fully saturated rings. The molecule has 2 N–H and O–H groups in total. The summed E-state index contributed by atoms with van der Waals surface area (Å²) >= 11 is 3.50. The lowest BCUT2D eigenvalue weighted by Gasteiger charge is -2.28. The minimum Gasteiger partial charge on any atom is -0.486 e. The highest BCUT2D eigenvalue weighted by Crippen LogP contribution is 2.38. The van der Waals surface area contributed by atoms with Crippen LogP contribution in [0.2, 0.25) is 0 Å². The summed E-state index contributed by atoms with van der Waals surface area (Å²) in [6.07, 6.45) is 0.244. The van der Waals surface area contributed by atoms with E-state index in [1.165, 1.54) is 0 Å². The zero-order valence-electron chi connectivity index (χ0n) is 15.3. The van der Waals surface area contributed by atoms with Gasteiger partial charge in [0.15, 0.2) is 11.5 Å². The third-order valence-corrected chi connectivity index (χ3v) is 5.35. The first-order valence-electron chi connectivity index (χ1n) is 9.07. The number of ether oxygens (including phenoxy) is 2. The van der Waals surface area contributed by atoms with Crippen LogP contribution < -0.4 is 25.0 Å². The second-order valence-electron chi connectivity index (χ2n) is 6.71. The minimum atomic E-state index is -0.248. The van der Waals surface area contributed by atoms with Crippen LogP contribution >= 0.6 is 15.9 Å². The quantitative estimate of drug-likeness (QED) is 0.756. The lowest BCUT2D eigenvalue weighted by Crippen LogP contribution is -2.42. The lowest BCUT2D eigenvalue weighted by atomic mass is 10.1. The first kappa shape index (κ1) is 18.6. The fourth-order valence-corrected chi connectivity index (χ4v) is 3.89. The highest BCUT2D eigenvalue weighted by atomic mass is 79.9. The molecule has 0 radical (unpaired) electrons. The number of carbonyl (C=O) groups excluding carboxylic acids is 2. The Morgan fingerprint density at radius 1 is 1.25 bits per heavy atom. The zero-order chi connectivity index (χ0) is 19.7. The molecule has 2 aliphatic rings. The van der Waals surface area contributed by atoms with E-state index in [-0.39, 0.29) is 30.8 Å². The first-order valence-corrected chi connectivity index (χ1v) is 9.86. The number of amides is 2. The van der Waals surface area contributed by atoms with E-state index in [1.807, 2.05) is 37.3 Å². The van der Waals surface area contributed by atoms with E-state index in [1.54, 1.807) is 11.0 Å². The number of benzene rings is 2. The molecule has 1 atom stereocenters. The van der Waals surface area contributed by atoms with E-state index in [4.69, 9.17) is 9.47 Å². The van der Waals surface area contributed by atoms with Crippen molar-refractivity contribution in [2.24, 2.45) is 0 Å². The van der Waals surface area contributed by atoms with E-state index < -0.39 is 0 Å². The molecule has 0 spiro atoms. The fraction of sp³-hybridized carbons (Fsp3) is 0.300. The Morgan fingerprint density at radius 2 is 1.96 bits per heavy atom. The maximum absolute atomic E-state index is 13.1. The molecule has 146 valence electrons. The van der Waals surface area contributed by atoms with Gasteiger partial charge in [0, 0.05) is 29.1 Å². The third-order valence-electron chi connectivity index (χ3n) is 4.69. The average Bonchev–Trinajstić information content (AvgIpc) is 2.80. The van der Waals surface area contributed by atoms with Crippen molar-refractivity contribution < 1.29 is 19.1 Å². The highest BCUT2D eigenvalue weighted by molar-refractivity contribution is 9.10. The van der Waals surface area contributed by atoms with Crippen molar-refractivity contribution in [1.29, 1.82) is 0 Å². The molecular formula is C20H20BrN3O4. The van der Waals surface area contributed by atoms with Crippen LogP contribution in [0.4, 0.5) is 17.1 Å². The molecule has 0 saturated carbocycles. The third kappa shape index (κ3) is 3.64. The maximum atomic E-state index is 13.1. The Kier molecular flexibility index (Phi) is 5.13. The monoisotopic (exact) mass is 445 g/mol. The number of carbonyl (C=O) groups is 2. The zero-order valence-corrected chi connectivity index (χ0v) is 16.9. The van der Waals surface area contributed by atoms with Crippen molar-refractivity contribution in [3.63, 3.8) is 0 Å². The van der Waals surface area contributed by atoms with Crippen molar-refractivity contribution in [2.75, 3.05) is 35.3 Å². The van der Waals surface area contributed by atoms with Crippen molar-refractivity contribution >= 4 is 44.8 Å². The molecule has 0 bridgehead atoms. The van der Waals surface area contributed by atoms with Crippen molar-refractivity contribution in [2.45, 2.75) is 19.4 Å². The summed E-state index contributed by atoms with van der Waals surface area (Å²) in [5.41, 5.74) is 2.09. The van der Waals surface area contributed by atoms with E-state index in [9.17, 15) is 9.59 Å². The number of rotatable bonds is 3. The molecule has 2 aromatic carbocycles. The minimum absolute atomic E-state index is 0.0745. The van der Waals surface area contributed by atoms with Gasteiger partial charge in [-0.1, -0.05) is 12.1 Å². The van der Waals surface area contributed by atoms with Crippen molar-refractivity contribution in [3.05, 3.63) is 40.9 Å². The Labute approximate surface area is 171 Å². The molecule has 1 unspecified atom stereocenters. The summed E-state index contributed by atoms with van der Waals surface area (Å²) in [7, 11) is 0. The van der Waals surface area contributed by atoms with Crippen LogP contribution in [0.1, 0.15) is 13.3 Å². The molecular weight excluding hydrogens is 426 g/mol. The summed E-state index contributed by atoms with van der Waals surface area (Å²) in [5.74, 6) is 1.10. The smallest absolute Gasteiger partial charge is 0.246 e. The first-order chi connectivity index (χ1) is 13.5. The van der Waals surface area contributed by atoms with Crippen LogP contribution in [0.25, 0.3) is 0 Å². The normalized spacial score (nSPS) is 18.0. The van der Waals surface area contributed by atoms with Gasteiger partial charge in [-0.2, -0.15) is 0 Å². The molecule has 2 aromatic rings. The van der Waals surface area contributed by atoms with E-state index in [0.29, 0.717) is 36.1 Å². The van der Waals surface area contributed by atoms with Crippen LogP contribution in [-0.4, -0.2) is 37.6 Å². The topological polar surface area (TPSA) is 79.9 Å². The van der Waals surface area contributed by atoms with Crippen LogP contribution in [0.15, 0.2) is 40.9 Å². The van der Waals surface area contributed by atoms with Crippen molar-refractivity contribution in [3.8, 4) is 11.5 Å². The maximum Gasteiger partial charge on any atom is 0.246 e. The molecule has 2 aliphatic heterocycles. The standard InChI is InChI=1S/C20H20BrN3O4/c1-12-8-19(25)23-14-4-2-3-5-16(14)24(12)20(26)11-22-15-10-18-17(9-13(15)21)27-6-7-28-18/h2-5,9-10,12,22H,6-8,11H2,1H3,(H,23,25). The predicted octanol–water partition coefficient (Wildman–Crippen LogP) is 3.40. The Bertz CT molecular complexity index is 934.